The van der Waals surface area contributed by atoms with Crippen LogP contribution in [0.4, 0.5) is 11.5 Å². The number of pyridine rings is 2. The highest BCUT2D eigenvalue weighted by Crippen LogP contribution is 2.35. The number of carbonyl (C=O) groups is 1. The molecule has 1 aliphatic rings. The average molecular weight is 437 g/mol. The van der Waals surface area contributed by atoms with Gasteiger partial charge in [-0.25, -0.2) is 9.78 Å². The lowest BCUT2D eigenvalue weighted by Gasteiger charge is -2.19. The second-order valence-electron chi connectivity index (χ2n) is 7.72. The molecule has 2 aromatic heterocycles. The number of carbonyl (C=O) groups excluding carboxylic acids is 1. The van der Waals surface area contributed by atoms with Gasteiger partial charge in [-0.05, 0) is 24.6 Å². The number of cyclic esters (lactones) is 1. The zero-order valence-electron chi connectivity index (χ0n) is 18.6. The molecule has 0 spiro atoms. The van der Waals surface area contributed by atoms with E-state index in [0.717, 1.165) is 41.4 Å². The van der Waals surface area contributed by atoms with Crippen LogP contribution in [0.15, 0.2) is 36.7 Å². The van der Waals surface area contributed by atoms with E-state index in [1.807, 2.05) is 24.3 Å². The summed E-state index contributed by atoms with van der Waals surface area (Å²) in [7, 11) is 3.23. The molecule has 4 rings (SSSR count). The van der Waals surface area contributed by atoms with E-state index in [-0.39, 0.29) is 6.04 Å². The minimum absolute atomic E-state index is 0.0421. The molecule has 3 aromatic rings. The molecule has 0 amide bonds. The lowest BCUT2D eigenvalue weighted by molar-refractivity contribution is 0.0497. The molecule has 0 fully saturated rings. The van der Waals surface area contributed by atoms with Gasteiger partial charge in [0.2, 0.25) is 0 Å². The van der Waals surface area contributed by atoms with Crippen LogP contribution in [0, 0.1) is 0 Å². The summed E-state index contributed by atoms with van der Waals surface area (Å²) in [6, 6.07) is 7.50. The second kappa shape index (κ2) is 9.72. The van der Waals surface area contributed by atoms with Crippen molar-refractivity contribution in [1.29, 1.82) is 0 Å². The Balaban J connectivity index is 1.72. The van der Waals surface area contributed by atoms with E-state index >= 15 is 0 Å². The van der Waals surface area contributed by atoms with Crippen molar-refractivity contribution < 1.29 is 19.0 Å². The fourth-order valence-electron chi connectivity index (χ4n) is 3.86. The van der Waals surface area contributed by atoms with E-state index in [0.29, 0.717) is 36.0 Å². The Bertz CT molecular complexity index is 1120. The van der Waals surface area contributed by atoms with Gasteiger partial charge in [0, 0.05) is 36.0 Å². The SMILES string of the molecule is CCCCC1COC(=O)c2c(NCc3ccc(OC)cc3OC)nc3ccncc3c2N1. The lowest BCUT2D eigenvalue weighted by Crippen LogP contribution is -2.24. The third-order valence-corrected chi connectivity index (χ3v) is 5.60. The predicted octanol–water partition coefficient (Wildman–Crippen LogP) is 4.40. The minimum atomic E-state index is -0.394. The van der Waals surface area contributed by atoms with Gasteiger partial charge in [-0.3, -0.25) is 4.98 Å². The minimum Gasteiger partial charge on any atom is -0.497 e. The fourth-order valence-corrected chi connectivity index (χ4v) is 3.86. The number of unbranched alkanes of at least 4 members (excludes halogenated alkanes) is 1. The maximum Gasteiger partial charge on any atom is 0.344 e. The number of esters is 1. The van der Waals surface area contributed by atoms with Gasteiger partial charge in [-0.15, -0.1) is 0 Å². The topological polar surface area (TPSA) is 94.6 Å². The third kappa shape index (κ3) is 4.39. The summed E-state index contributed by atoms with van der Waals surface area (Å²) >= 11 is 0. The number of anilines is 2. The molecule has 0 saturated carbocycles. The van der Waals surface area contributed by atoms with Crippen molar-refractivity contribution in [2.24, 2.45) is 0 Å². The zero-order chi connectivity index (χ0) is 22.5. The number of aromatic nitrogens is 2. The van der Waals surface area contributed by atoms with E-state index in [4.69, 9.17) is 19.2 Å². The van der Waals surface area contributed by atoms with Gasteiger partial charge in [0.05, 0.1) is 31.5 Å². The quantitative estimate of drug-likeness (QED) is 0.502. The predicted molar refractivity (Wildman–Crippen MR) is 124 cm³/mol. The van der Waals surface area contributed by atoms with Gasteiger partial charge in [-0.2, -0.15) is 0 Å². The molecule has 1 aliphatic heterocycles. The fraction of sp³-hybridized carbons (Fsp3) is 0.375. The van der Waals surface area contributed by atoms with Crippen LogP contribution >= 0.6 is 0 Å². The molecule has 8 nitrogen and oxygen atoms in total. The zero-order valence-corrected chi connectivity index (χ0v) is 18.6. The molecule has 32 heavy (non-hydrogen) atoms. The maximum absolute atomic E-state index is 13.0. The van der Waals surface area contributed by atoms with Crippen molar-refractivity contribution in [1.82, 2.24) is 9.97 Å². The largest absolute Gasteiger partial charge is 0.497 e. The van der Waals surface area contributed by atoms with Crippen LogP contribution in [0.3, 0.4) is 0 Å². The first-order valence-corrected chi connectivity index (χ1v) is 10.8. The molecule has 2 N–H and O–H groups in total. The van der Waals surface area contributed by atoms with Crippen LogP contribution in [0.25, 0.3) is 10.9 Å². The Morgan fingerprint density at radius 1 is 1.25 bits per heavy atom. The van der Waals surface area contributed by atoms with Crippen LogP contribution in [-0.2, 0) is 11.3 Å². The van der Waals surface area contributed by atoms with E-state index in [1.165, 1.54) is 0 Å². The van der Waals surface area contributed by atoms with E-state index < -0.39 is 5.97 Å². The maximum atomic E-state index is 13.0. The monoisotopic (exact) mass is 436 g/mol. The van der Waals surface area contributed by atoms with Gasteiger partial charge in [-0.1, -0.05) is 19.8 Å². The molecule has 0 bridgehead atoms. The van der Waals surface area contributed by atoms with Gasteiger partial charge in [0.1, 0.15) is 29.5 Å². The summed E-state index contributed by atoms with van der Waals surface area (Å²) < 4.78 is 16.4. The normalized spacial score (nSPS) is 15.3. The Labute approximate surface area is 187 Å². The van der Waals surface area contributed by atoms with Gasteiger partial charge < -0.3 is 24.8 Å². The molecule has 0 radical (unpaired) electrons. The van der Waals surface area contributed by atoms with E-state index in [9.17, 15) is 4.79 Å². The third-order valence-electron chi connectivity index (χ3n) is 5.60. The van der Waals surface area contributed by atoms with Crippen molar-refractivity contribution >= 4 is 28.4 Å². The Hall–Kier alpha value is -3.55. The van der Waals surface area contributed by atoms with Gasteiger partial charge >= 0.3 is 5.97 Å². The second-order valence-corrected chi connectivity index (χ2v) is 7.72. The van der Waals surface area contributed by atoms with Gasteiger partial charge in [0.15, 0.2) is 0 Å². The average Bonchev–Trinajstić information content (AvgIpc) is 3.00. The Morgan fingerprint density at radius 2 is 2.12 bits per heavy atom. The van der Waals surface area contributed by atoms with Crippen LogP contribution in [0.1, 0.15) is 42.1 Å². The molecule has 3 heterocycles. The molecule has 1 atom stereocenters. The standard InChI is InChI=1S/C24H28N4O4/c1-4-5-6-16-14-32-24(29)21-22(27-16)18-13-25-10-9-19(18)28-23(21)26-12-15-7-8-17(30-2)11-20(15)31-3/h7-11,13,16,27H,4-6,12,14H2,1-3H3,(H,26,28). The summed E-state index contributed by atoms with van der Waals surface area (Å²) in [5.41, 5.74) is 2.78. The Morgan fingerprint density at radius 3 is 2.91 bits per heavy atom. The summed E-state index contributed by atoms with van der Waals surface area (Å²) in [5.74, 6) is 1.47. The first-order chi connectivity index (χ1) is 15.6. The Kier molecular flexibility index (Phi) is 6.58. The van der Waals surface area contributed by atoms with Crippen molar-refractivity contribution in [3.8, 4) is 11.5 Å². The van der Waals surface area contributed by atoms with Gasteiger partial charge in [0.25, 0.3) is 0 Å². The molecule has 1 unspecified atom stereocenters. The number of rotatable bonds is 8. The molecule has 8 heteroatoms. The highest BCUT2D eigenvalue weighted by molar-refractivity contribution is 6.09. The summed E-state index contributed by atoms with van der Waals surface area (Å²) in [5, 5.41) is 7.65. The molecule has 1 aromatic carbocycles. The molecule has 0 saturated heterocycles. The van der Waals surface area contributed by atoms with Crippen molar-refractivity contribution in [3.05, 3.63) is 47.8 Å². The summed E-state index contributed by atoms with van der Waals surface area (Å²) in [6.07, 6.45) is 6.48. The number of methoxy groups -OCH3 is 2. The molecule has 0 aliphatic carbocycles. The van der Waals surface area contributed by atoms with Crippen LogP contribution < -0.4 is 20.1 Å². The molecular formula is C24H28N4O4. The number of hydrogen-bond donors (Lipinski definition) is 2. The van der Waals surface area contributed by atoms with Crippen LogP contribution in [0.2, 0.25) is 0 Å². The first-order valence-electron chi connectivity index (χ1n) is 10.8. The number of fused-ring (bicyclic) bond motifs is 3. The number of nitrogens with zero attached hydrogens (tertiary/aromatic N) is 2. The smallest absolute Gasteiger partial charge is 0.344 e. The number of ether oxygens (including phenoxy) is 3. The molecular weight excluding hydrogens is 408 g/mol. The van der Waals surface area contributed by atoms with Crippen LogP contribution in [0.5, 0.6) is 11.5 Å². The summed E-state index contributed by atoms with van der Waals surface area (Å²) in [4.78, 5) is 22.0. The van der Waals surface area contributed by atoms with E-state index in [1.54, 1.807) is 26.6 Å². The van der Waals surface area contributed by atoms with Crippen molar-refractivity contribution in [2.45, 2.75) is 38.8 Å². The molecule has 168 valence electrons. The van der Waals surface area contributed by atoms with Crippen molar-refractivity contribution in [3.63, 3.8) is 0 Å². The number of hydrogen-bond acceptors (Lipinski definition) is 8. The van der Waals surface area contributed by atoms with Crippen LogP contribution in [-0.4, -0.2) is 42.8 Å². The van der Waals surface area contributed by atoms with Crippen molar-refractivity contribution in [2.75, 3.05) is 31.5 Å². The highest BCUT2D eigenvalue weighted by Gasteiger charge is 2.28. The number of benzene rings is 1. The lowest BCUT2D eigenvalue weighted by atomic mass is 10.1. The first kappa shape index (κ1) is 21.7. The highest BCUT2D eigenvalue weighted by atomic mass is 16.5. The van der Waals surface area contributed by atoms with E-state index in [2.05, 4.69) is 22.5 Å². The number of nitrogens with one attached hydrogen (secondary N) is 2. The summed E-state index contributed by atoms with van der Waals surface area (Å²) in [6.45, 7) is 2.88.